The highest BCUT2D eigenvalue weighted by Crippen LogP contribution is 2.09. The summed E-state index contributed by atoms with van der Waals surface area (Å²) in [6.07, 6.45) is 3.35. The van der Waals surface area contributed by atoms with Crippen LogP contribution in [0.1, 0.15) is 39.4 Å². The quantitative estimate of drug-likeness (QED) is 0.433. The smallest absolute Gasteiger partial charge is 0.306 e. The number of hydrogen-bond donors (Lipinski definition) is 1. The SMILES string of the molecule is CC(C)(C)OC(=O)CCCn1cnc(CCOCN)n1. The third-order valence-corrected chi connectivity index (χ3v) is 2.36. The molecule has 1 aromatic rings. The van der Waals surface area contributed by atoms with Crippen molar-refractivity contribution < 1.29 is 14.3 Å². The first-order valence-corrected chi connectivity index (χ1v) is 6.78. The van der Waals surface area contributed by atoms with Gasteiger partial charge in [0.25, 0.3) is 0 Å². The zero-order valence-electron chi connectivity index (χ0n) is 12.5. The number of carbonyl (C=O) groups excluding carboxylic acids is 1. The molecular formula is C13H24N4O3. The predicted octanol–water partition coefficient (Wildman–Crippen LogP) is 0.875. The highest BCUT2D eigenvalue weighted by Gasteiger charge is 2.15. The molecule has 0 saturated carbocycles. The molecule has 0 radical (unpaired) electrons. The Morgan fingerprint density at radius 1 is 1.45 bits per heavy atom. The van der Waals surface area contributed by atoms with Crippen LogP contribution in [-0.2, 0) is 27.2 Å². The topological polar surface area (TPSA) is 92.3 Å². The summed E-state index contributed by atoms with van der Waals surface area (Å²) >= 11 is 0. The third kappa shape index (κ3) is 7.20. The fourth-order valence-electron chi connectivity index (χ4n) is 1.58. The molecule has 20 heavy (non-hydrogen) atoms. The fourth-order valence-corrected chi connectivity index (χ4v) is 1.58. The minimum atomic E-state index is -0.430. The number of carbonyl (C=O) groups is 1. The summed E-state index contributed by atoms with van der Waals surface area (Å²) in [5.74, 6) is 0.532. The molecule has 0 bridgehead atoms. The highest BCUT2D eigenvalue weighted by molar-refractivity contribution is 5.69. The summed E-state index contributed by atoms with van der Waals surface area (Å²) in [4.78, 5) is 15.7. The van der Waals surface area contributed by atoms with Gasteiger partial charge in [0.15, 0.2) is 5.82 Å². The average molecular weight is 284 g/mol. The van der Waals surface area contributed by atoms with E-state index in [2.05, 4.69) is 10.1 Å². The van der Waals surface area contributed by atoms with Gasteiger partial charge in [-0.3, -0.25) is 9.48 Å². The van der Waals surface area contributed by atoms with Crippen LogP contribution in [0.25, 0.3) is 0 Å². The van der Waals surface area contributed by atoms with Crippen molar-refractivity contribution in [3.63, 3.8) is 0 Å². The Labute approximate surface area is 119 Å². The molecule has 0 spiro atoms. The number of esters is 1. The fraction of sp³-hybridized carbons (Fsp3) is 0.769. The molecule has 1 rings (SSSR count). The largest absolute Gasteiger partial charge is 0.460 e. The minimum absolute atomic E-state index is 0.186. The summed E-state index contributed by atoms with van der Waals surface area (Å²) in [7, 11) is 0. The van der Waals surface area contributed by atoms with Crippen molar-refractivity contribution in [1.82, 2.24) is 14.8 Å². The normalized spacial score (nSPS) is 11.6. The Kier molecular flexibility index (Phi) is 6.60. The van der Waals surface area contributed by atoms with E-state index in [1.54, 1.807) is 11.0 Å². The maximum absolute atomic E-state index is 11.5. The predicted molar refractivity (Wildman–Crippen MR) is 73.8 cm³/mol. The van der Waals surface area contributed by atoms with E-state index in [4.69, 9.17) is 15.2 Å². The molecule has 0 atom stereocenters. The van der Waals surface area contributed by atoms with Crippen LogP contribution in [0, 0.1) is 0 Å². The molecule has 2 N–H and O–H groups in total. The van der Waals surface area contributed by atoms with Gasteiger partial charge in [0.1, 0.15) is 11.9 Å². The molecule has 0 aromatic carbocycles. The number of aryl methyl sites for hydroxylation is 1. The van der Waals surface area contributed by atoms with Gasteiger partial charge in [-0.15, -0.1) is 0 Å². The standard InChI is InChI=1S/C13H24N4O3/c1-13(2,3)20-12(18)5-4-7-17-10-15-11(16-17)6-8-19-9-14/h10H,4-9,14H2,1-3H3. The zero-order valence-corrected chi connectivity index (χ0v) is 12.5. The highest BCUT2D eigenvalue weighted by atomic mass is 16.6. The molecule has 0 saturated heterocycles. The molecule has 114 valence electrons. The minimum Gasteiger partial charge on any atom is -0.460 e. The third-order valence-electron chi connectivity index (χ3n) is 2.36. The number of ether oxygens (including phenoxy) is 2. The van der Waals surface area contributed by atoms with E-state index in [-0.39, 0.29) is 12.7 Å². The molecule has 7 heteroatoms. The lowest BCUT2D eigenvalue weighted by atomic mass is 10.2. The van der Waals surface area contributed by atoms with Crippen LogP contribution in [0.2, 0.25) is 0 Å². The second-order valence-electron chi connectivity index (χ2n) is 5.44. The maximum Gasteiger partial charge on any atom is 0.306 e. The van der Waals surface area contributed by atoms with Gasteiger partial charge < -0.3 is 15.2 Å². The lowest BCUT2D eigenvalue weighted by Gasteiger charge is -2.19. The second kappa shape index (κ2) is 7.96. The summed E-state index contributed by atoms with van der Waals surface area (Å²) < 4.78 is 12.0. The van der Waals surface area contributed by atoms with Crippen LogP contribution in [0.4, 0.5) is 0 Å². The molecule has 7 nitrogen and oxygen atoms in total. The van der Waals surface area contributed by atoms with E-state index >= 15 is 0 Å². The van der Waals surface area contributed by atoms with Crippen LogP contribution in [0.5, 0.6) is 0 Å². The molecule has 0 unspecified atom stereocenters. The first kappa shape index (κ1) is 16.6. The van der Waals surface area contributed by atoms with Gasteiger partial charge in [-0.25, -0.2) is 4.98 Å². The van der Waals surface area contributed by atoms with Crippen molar-refractivity contribution in [3.8, 4) is 0 Å². The van der Waals surface area contributed by atoms with Crippen molar-refractivity contribution in [2.75, 3.05) is 13.3 Å². The van der Waals surface area contributed by atoms with Crippen LogP contribution in [0.15, 0.2) is 6.33 Å². The Morgan fingerprint density at radius 3 is 2.85 bits per heavy atom. The average Bonchev–Trinajstić information content (AvgIpc) is 2.75. The van der Waals surface area contributed by atoms with E-state index in [1.807, 2.05) is 20.8 Å². The number of nitrogens with two attached hydrogens (primary N) is 1. The molecule has 0 aliphatic rings. The van der Waals surface area contributed by atoms with Crippen LogP contribution >= 0.6 is 0 Å². The van der Waals surface area contributed by atoms with Crippen molar-refractivity contribution in [3.05, 3.63) is 12.2 Å². The number of aromatic nitrogens is 3. The van der Waals surface area contributed by atoms with E-state index in [0.29, 0.717) is 32.4 Å². The van der Waals surface area contributed by atoms with Crippen LogP contribution < -0.4 is 5.73 Å². The Hall–Kier alpha value is -1.47. The second-order valence-corrected chi connectivity index (χ2v) is 5.44. The number of nitrogens with zero attached hydrogens (tertiary/aromatic N) is 3. The van der Waals surface area contributed by atoms with Gasteiger partial charge in [-0.1, -0.05) is 0 Å². The maximum atomic E-state index is 11.5. The van der Waals surface area contributed by atoms with Crippen molar-refractivity contribution in [2.24, 2.45) is 5.73 Å². The van der Waals surface area contributed by atoms with E-state index in [9.17, 15) is 4.79 Å². The van der Waals surface area contributed by atoms with E-state index in [0.717, 1.165) is 5.82 Å². The zero-order chi connectivity index (χ0) is 15.0. The monoisotopic (exact) mass is 284 g/mol. The van der Waals surface area contributed by atoms with Crippen molar-refractivity contribution in [2.45, 2.75) is 52.2 Å². The Balaban J connectivity index is 2.23. The Morgan fingerprint density at radius 2 is 2.20 bits per heavy atom. The van der Waals surface area contributed by atoms with Crippen LogP contribution in [0.3, 0.4) is 0 Å². The Bertz CT molecular complexity index is 412. The molecule has 1 heterocycles. The molecule has 0 aliphatic carbocycles. The molecular weight excluding hydrogens is 260 g/mol. The molecule has 0 fully saturated rings. The summed E-state index contributed by atoms with van der Waals surface area (Å²) in [5.41, 5.74) is 4.79. The van der Waals surface area contributed by atoms with Gasteiger partial charge in [0.05, 0.1) is 13.3 Å². The van der Waals surface area contributed by atoms with E-state index in [1.165, 1.54) is 0 Å². The lowest BCUT2D eigenvalue weighted by Crippen LogP contribution is -2.23. The summed E-state index contributed by atoms with van der Waals surface area (Å²) in [5, 5.41) is 4.29. The van der Waals surface area contributed by atoms with Gasteiger partial charge >= 0.3 is 5.97 Å². The molecule has 0 aliphatic heterocycles. The first-order valence-electron chi connectivity index (χ1n) is 6.78. The first-order chi connectivity index (χ1) is 9.40. The molecule has 0 amide bonds. The number of hydrogen-bond acceptors (Lipinski definition) is 6. The lowest BCUT2D eigenvalue weighted by molar-refractivity contribution is -0.154. The van der Waals surface area contributed by atoms with E-state index < -0.39 is 5.60 Å². The number of rotatable bonds is 8. The summed E-state index contributed by atoms with van der Waals surface area (Å²) in [6, 6.07) is 0. The molecule has 1 aromatic heterocycles. The van der Waals surface area contributed by atoms with Gasteiger partial charge in [-0.2, -0.15) is 5.10 Å². The van der Waals surface area contributed by atoms with Gasteiger partial charge in [0, 0.05) is 19.4 Å². The van der Waals surface area contributed by atoms with Crippen molar-refractivity contribution >= 4 is 5.97 Å². The van der Waals surface area contributed by atoms with Crippen LogP contribution in [-0.4, -0.2) is 39.7 Å². The summed E-state index contributed by atoms with van der Waals surface area (Å²) in [6.45, 7) is 6.94. The van der Waals surface area contributed by atoms with Gasteiger partial charge in [0.2, 0.25) is 0 Å². The van der Waals surface area contributed by atoms with Gasteiger partial charge in [-0.05, 0) is 27.2 Å². The van der Waals surface area contributed by atoms with Crippen molar-refractivity contribution in [1.29, 1.82) is 0 Å².